The van der Waals surface area contributed by atoms with Gasteiger partial charge in [0.25, 0.3) is 0 Å². The number of hydrogen-bond acceptors (Lipinski definition) is 3. The second-order valence-corrected chi connectivity index (χ2v) is 7.35. The van der Waals surface area contributed by atoms with Gasteiger partial charge in [-0.05, 0) is 54.7 Å². The van der Waals surface area contributed by atoms with E-state index in [1.165, 1.54) is 24.3 Å². The molecule has 1 aliphatic carbocycles. The van der Waals surface area contributed by atoms with E-state index >= 15 is 0 Å². The zero-order valence-electron chi connectivity index (χ0n) is 11.8. The average Bonchev–Trinajstić information content (AvgIpc) is 2.54. The third-order valence-corrected chi connectivity index (χ3v) is 5.86. The van der Waals surface area contributed by atoms with Crippen LogP contribution in [0.5, 0.6) is 0 Å². The van der Waals surface area contributed by atoms with E-state index < -0.39 is 15.7 Å². The minimum absolute atomic E-state index is 0.0721. The molecule has 22 heavy (non-hydrogen) atoms. The number of aldehydes is 1. The SMILES string of the molecule is O=CC1CCCc2cc(S(=O)(=O)c3ccccc3F)ccc21. The molecule has 0 aromatic heterocycles. The van der Waals surface area contributed by atoms with Crippen molar-refractivity contribution in [3.05, 3.63) is 59.4 Å². The Bertz CT molecular complexity index is 828. The van der Waals surface area contributed by atoms with Gasteiger partial charge in [-0.15, -0.1) is 0 Å². The van der Waals surface area contributed by atoms with Gasteiger partial charge in [0.15, 0.2) is 0 Å². The summed E-state index contributed by atoms with van der Waals surface area (Å²) in [5.74, 6) is -0.931. The summed E-state index contributed by atoms with van der Waals surface area (Å²) in [5, 5.41) is 0. The second kappa shape index (κ2) is 5.65. The lowest BCUT2D eigenvalue weighted by atomic mass is 9.84. The molecule has 1 unspecified atom stereocenters. The minimum Gasteiger partial charge on any atom is -0.303 e. The van der Waals surface area contributed by atoms with Crippen LogP contribution in [0.3, 0.4) is 0 Å². The molecule has 0 amide bonds. The van der Waals surface area contributed by atoms with E-state index in [4.69, 9.17) is 0 Å². The van der Waals surface area contributed by atoms with Crippen LogP contribution in [0.1, 0.15) is 29.9 Å². The van der Waals surface area contributed by atoms with Crippen molar-refractivity contribution in [2.45, 2.75) is 35.0 Å². The third-order valence-electron chi connectivity index (χ3n) is 4.08. The highest BCUT2D eigenvalue weighted by atomic mass is 32.2. The van der Waals surface area contributed by atoms with Gasteiger partial charge in [-0.1, -0.05) is 18.2 Å². The number of aryl methyl sites for hydroxylation is 1. The Morgan fingerprint density at radius 1 is 1.14 bits per heavy atom. The molecule has 3 nitrogen and oxygen atoms in total. The summed E-state index contributed by atoms with van der Waals surface area (Å²) in [6, 6.07) is 10.1. The molecule has 0 N–H and O–H groups in total. The van der Waals surface area contributed by atoms with Gasteiger partial charge in [0.1, 0.15) is 17.0 Å². The highest BCUT2D eigenvalue weighted by Crippen LogP contribution is 2.33. The summed E-state index contributed by atoms with van der Waals surface area (Å²) in [6.45, 7) is 0. The summed E-state index contributed by atoms with van der Waals surface area (Å²) in [6.07, 6.45) is 3.28. The van der Waals surface area contributed by atoms with E-state index in [1.54, 1.807) is 12.1 Å². The standard InChI is InChI=1S/C17H15FO3S/c18-16-6-1-2-7-17(16)22(20,21)14-8-9-15-12(10-14)4-3-5-13(15)11-19/h1-2,6-11,13H,3-5H2. The summed E-state index contributed by atoms with van der Waals surface area (Å²) < 4.78 is 39.0. The highest BCUT2D eigenvalue weighted by Gasteiger charge is 2.25. The quantitative estimate of drug-likeness (QED) is 0.816. The van der Waals surface area contributed by atoms with Gasteiger partial charge in [-0.25, -0.2) is 12.8 Å². The number of benzene rings is 2. The molecule has 2 aromatic rings. The van der Waals surface area contributed by atoms with E-state index in [0.29, 0.717) is 0 Å². The van der Waals surface area contributed by atoms with Crippen LogP contribution in [-0.4, -0.2) is 14.7 Å². The molecule has 0 bridgehead atoms. The van der Waals surface area contributed by atoms with Crippen molar-refractivity contribution in [1.29, 1.82) is 0 Å². The van der Waals surface area contributed by atoms with Gasteiger partial charge in [-0.2, -0.15) is 0 Å². The van der Waals surface area contributed by atoms with Gasteiger partial charge >= 0.3 is 0 Å². The molecular weight excluding hydrogens is 303 g/mol. The van der Waals surface area contributed by atoms with Gasteiger partial charge in [0.05, 0.1) is 4.90 Å². The zero-order chi connectivity index (χ0) is 15.7. The first-order chi connectivity index (χ1) is 10.5. The molecule has 0 heterocycles. The molecule has 5 heteroatoms. The molecule has 0 fully saturated rings. The van der Waals surface area contributed by atoms with Crippen LogP contribution >= 0.6 is 0 Å². The smallest absolute Gasteiger partial charge is 0.209 e. The lowest BCUT2D eigenvalue weighted by molar-refractivity contribution is -0.109. The lowest BCUT2D eigenvalue weighted by Crippen LogP contribution is -2.12. The van der Waals surface area contributed by atoms with Crippen LogP contribution in [0, 0.1) is 5.82 Å². The van der Waals surface area contributed by atoms with Gasteiger partial charge in [-0.3, -0.25) is 0 Å². The van der Waals surface area contributed by atoms with Crippen molar-refractivity contribution in [1.82, 2.24) is 0 Å². The van der Waals surface area contributed by atoms with Crippen molar-refractivity contribution < 1.29 is 17.6 Å². The van der Waals surface area contributed by atoms with Crippen molar-refractivity contribution in [2.75, 3.05) is 0 Å². The number of hydrogen-bond donors (Lipinski definition) is 0. The molecule has 0 saturated carbocycles. The maximum Gasteiger partial charge on any atom is 0.209 e. The maximum absolute atomic E-state index is 13.8. The van der Waals surface area contributed by atoms with Gasteiger partial charge < -0.3 is 4.79 Å². The fourth-order valence-corrected chi connectivity index (χ4v) is 4.31. The van der Waals surface area contributed by atoms with E-state index in [2.05, 4.69) is 0 Å². The van der Waals surface area contributed by atoms with Crippen LogP contribution in [-0.2, 0) is 21.1 Å². The van der Waals surface area contributed by atoms with Crippen molar-refractivity contribution in [3.8, 4) is 0 Å². The number of halogens is 1. The molecule has 2 aromatic carbocycles. The van der Waals surface area contributed by atoms with E-state index in [0.717, 1.165) is 42.7 Å². The fourth-order valence-electron chi connectivity index (χ4n) is 2.93. The predicted molar refractivity (Wildman–Crippen MR) is 80.0 cm³/mol. The summed E-state index contributed by atoms with van der Waals surface area (Å²) in [4.78, 5) is 10.9. The molecule has 0 spiro atoms. The summed E-state index contributed by atoms with van der Waals surface area (Å²) >= 11 is 0. The van der Waals surface area contributed by atoms with E-state index in [9.17, 15) is 17.6 Å². The highest BCUT2D eigenvalue weighted by molar-refractivity contribution is 7.91. The Morgan fingerprint density at radius 3 is 2.64 bits per heavy atom. The first kappa shape index (κ1) is 14.9. The number of carbonyl (C=O) groups excluding carboxylic acids is 1. The Morgan fingerprint density at radius 2 is 1.91 bits per heavy atom. The van der Waals surface area contributed by atoms with Crippen LogP contribution < -0.4 is 0 Å². The molecule has 0 saturated heterocycles. The van der Waals surface area contributed by atoms with Crippen molar-refractivity contribution in [2.24, 2.45) is 0 Å². The Hall–Kier alpha value is -2.01. The lowest BCUT2D eigenvalue weighted by Gasteiger charge is -2.21. The van der Waals surface area contributed by atoms with Crippen LogP contribution in [0.15, 0.2) is 52.3 Å². The number of rotatable bonds is 3. The molecule has 1 atom stereocenters. The first-order valence-electron chi connectivity index (χ1n) is 7.12. The monoisotopic (exact) mass is 318 g/mol. The maximum atomic E-state index is 13.8. The topological polar surface area (TPSA) is 51.2 Å². The largest absolute Gasteiger partial charge is 0.303 e. The van der Waals surface area contributed by atoms with Crippen LogP contribution in [0.2, 0.25) is 0 Å². The molecular formula is C17H15FO3S. The molecule has 1 aliphatic rings. The van der Waals surface area contributed by atoms with E-state index in [-0.39, 0.29) is 15.7 Å². The Labute approximate surface area is 128 Å². The zero-order valence-corrected chi connectivity index (χ0v) is 12.6. The fraction of sp³-hybridized carbons (Fsp3) is 0.235. The van der Waals surface area contributed by atoms with E-state index in [1.807, 2.05) is 0 Å². The molecule has 3 rings (SSSR count). The number of sulfone groups is 1. The second-order valence-electron chi connectivity index (χ2n) is 5.43. The van der Waals surface area contributed by atoms with Gasteiger partial charge in [0, 0.05) is 5.92 Å². The average molecular weight is 318 g/mol. The van der Waals surface area contributed by atoms with Crippen molar-refractivity contribution in [3.63, 3.8) is 0 Å². The Balaban J connectivity index is 2.10. The first-order valence-corrected chi connectivity index (χ1v) is 8.60. The van der Waals surface area contributed by atoms with Gasteiger partial charge in [0.2, 0.25) is 9.84 Å². The molecule has 114 valence electrons. The predicted octanol–water partition coefficient (Wildman–Crippen LogP) is 3.28. The van der Waals surface area contributed by atoms with Crippen LogP contribution in [0.4, 0.5) is 4.39 Å². The molecule has 0 aliphatic heterocycles. The third kappa shape index (κ3) is 2.46. The normalized spacial score (nSPS) is 17.8. The molecule has 0 radical (unpaired) electrons. The minimum atomic E-state index is -3.89. The number of fused-ring (bicyclic) bond motifs is 1. The van der Waals surface area contributed by atoms with Crippen LogP contribution in [0.25, 0.3) is 0 Å². The number of carbonyl (C=O) groups is 1. The van der Waals surface area contributed by atoms with Crippen molar-refractivity contribution >= 4 is 16.1 Å². The summed E-state index contributed by atoms with van der Waals surface area (Å²) in [5.41, 5.74) is 1.74. The Kier molecular flexibility index (Phi) is 3.83. The summed E-state index contributed by atoms with van der Waals surface area (Å²) in [7, 11) is -3.89.